The standard InChI is InChI=1S/C9H9BrNO/c10-11-7-6-9(12-11)8-4-2-1-3-5-8/h1-5,7,9H,6H2. The van der Waals surface area contributed by atoms with E-state index in [1.165, 1.54) is 5.56 Å². The summed E-state index contributed by atoms with van der Waals surface area (Å²) in [6.07, 6.45) is 1.10. The normalized spacial score (nSPS) is 24.6. The van der Waals surface area contributed by atoms with Gasteiger partial charge >= 0.3 is 0 Å². The number of hydrogen-bond donors (Lipinski definition) is 0. The molecule has 1 atom stereocenters. The maximum absolute atomic E-state index is 5.44. The highest BCUT2D eigenvalue weighted by molar-refractivity contribution is 9.07. The summed E-state index contributed by atoms with van der Waals surface area (Å²) in [7, 11) is 0. The second kappa shape index (κ2) is 3.56. The maximum Gasteiger partial charge on any atom is 0.107 e. The summed E-state index contributed by atoms with van der Waals surface area (Å²) in [4.78, 5) is 5.44. The lowest BCUT2D eigenvalue weighted by molar-refractivity contribution is -0.0521. The van der Waals surface area contributed by atoms with Crippen LogP contribution in [0.3, 0.4) is 0 Å². The summed E-state index contributed by atoms with van der Waals surface area (Å²) in [5.74, 6) is 0. The Balaban J connectivity index is 2.11. The SMILES string of the molecule is BrN1[CH]CC(c2ccccc2)O1. The van der Waals surface area contributed by atoms with E-state index in [-0.39, 0.29) is 6.10 Å². The predicted molar refractivity (Wildman–Crippen MR) is 50.0 cm³/mol. The van der Waals surface area contributed by atoms with Crippen LogP contribution in [0, 0.1) is 6.54 Å². The first-order valence-electron chi connectivity index (χ1n) is 3.86. The minimum atomic E-state index is 0.172. The third-order valence-electron chi connectivity index (χ3n) is 1.86. The van der Waals surface area contributed by atoms with Gasteiger partial charge in [-0.15, -0.1) is 4.09 Å². The molecule has 1 aliphatic heterocycles. The molecule has 0 aromatic heterocycles. The van der Waals surface area contributed by atoms with Crippen LogP contribution >= 0.6 is 16.1 Å². The van der Waals surface area contributed by atoms with Crippen molar-refractivity contribution in [3.63, 3.8) is 0 Å². The monoisotopic (exact) mass is 226 g/mol. The molecule has 63 valence electrons. The van der Waals surface area contributed by atoms with Crippen LogP contribution in [-0.4, -0.2) is 4.09 Å². The van der Waals surface area contributed by atoms with E-state index in [0.29, 0.717) is 0 Å². The highest BCUT2D eigenvalue weighted by atomic mass is 79.9. The average Bonchev–Trinajstić information content (AvgIpc) is 2.54. The minimum absolute atomic E-state index is 0.172. The van der Waals surface area contributed by atoms with Crippen LogP contribution in [0.4, 0.5) is 0 Å². The van der Waals surface area contributed by atoms with Crippen molar-refractivity contribution < 1.29 is 4.84 Å². The first-order valence-corrected chi connectivity index (χ1v) is 4.57. The minimum Gasteiger partial charge on any atom is -0.280 e. The smallest absolute Gasteiger partial charge is 0.107 e. The van der Waals surface area contributed by atoms with Gasteiger partial charge in [-0.1, -0.05) is 30.3 Å². The molecule has 0 spiro atoms. The predicted octanol–water partition coefficient (Wildman–Crippen LogP) is 2.84. The molecule has 1 unspecified atom stereocenters. The van der Waals surface area contributed by atoms with Crippen molar-refractivity contribution in [3.8, 4) is 0 Å². The third-order valence-corrected chi connectivity index (χ3v) is 2.32. The molecule has 0 saturated carbocycles. The fraction of sp³-hybridized carbons (Fsp3) is 0.222. The van der Waals surface area contributed by atoms with Crippen molar-refractivity contribution in [2.24, 2.45) is 0 Å². The Morgan fingerprint density at radius 1 is 1.33 bits per heavy atom. The van der Waals surface area contributed by atoms with Gasteiger partial charge in [-0.05, 0) is 5.56 Å². The molecule has 1 aromatic carbocycles. The molecule has 3 heteroatoms. The van der Waals surface area contributed by atoms with Crippen molar-refractivity contribution in [2.45, 2.75) is 12.5 Å². The molecule has 1 fully saturated rings. The molecule has 0 amide bonds. The first kappa shape index (κ1) is 8.23. The van der Waals surface area contributed by atoms with Gasteiger partial charge in [0.05, 0.1) is 6.54 Å². The topological polar surface area (TPSA) is 12.5 Å². The number of hydroxylamine groups is 1. The Morgan fingerprint density at radius 2 is 2.08 bits per heavy atom. The van der Waals surface area contributed by atoms with Crippen LogP contribution in [0.25, 0.3) is 0 Å². The van der Waals surface area contributed by atoms with Crippen molar-refractivity contribution >= 4 is 16.1 Å². The molecule has 0 aliphatic carbocycles. The van der Waals surface area contributed by atoms with Gasteiger partial charge in [0.1, 0.15) is 6.10 Å². The van der Waals surface area contributed by atoms with Gasteiger partial charge < -0.3 is 0 Å². The van der Waals surface area contributed by atoms with E-state index in [1.807, 2.05) is 24.7 Å². The second-order valence-corrected chi connectivity index (χ2v) is 3.39. The molecule has 1 aliphatic rings. The van der Waals surface area contributed by atoms with E-state index >= 15 is 0 Å². The van der Waals surface area contributed by atoms with Crippen molar-refractivity contribution in [1.29, 1.82) is 0 Å². The zero-order valence-corrected chi connectivity index (χ0v) is 8.07. The molecule has 1 aromatic rings. The van der Waals surface area contributed by atoms with Crippen molar-refractivity contribution in [2.75, 3.05) is 0 Å². The summed E-state index contributed by atoms with van der Waals surface area (Å²) >= 11 is 3.23. The van der Waals surface area contributed by atoms with Gasteiger partial charge in [-0.2, -0.15) is 0 Å². The summed E-state index contributed by atoms with van der Waals surface area (Å²) < 4.78 is 1.59. The van der Waals surface area contributed by atoms with Gasteiger partial charge in [0, 0.05) is 22.6 Å². The molecular formula is C9H9BrNO. The molecule has 1 radical (unpaired) electrons. The fourth-order valence-corrected chi connectivity index (χ4v) is 1.62. The Hall–Kier alpha value is -0.380. The van der Waals surface area contributed by atoms with E-state index in [9.17, 15) is 0 Å². The number of halogens is 1. The zero-order chi connectivity index (χ0) is 8.39. The lowest BCUT2D eigenvalue weighted by Crippen LogP contribution is -2.00. The van der Waals surface area contributed by atoms with Crippen molar-refractivity contribution in [3.05, 3.63) is 42.4 Å². The van der Waals surface area contributed by atoms with E-state index in [4.69, 9.17) is 4.84 Å². The Morgan fingerprint density at radius 3 is 2.67 bits per heavy atom. The van der Waals surface area contributed by atoms with Crippen LogP contribution in [0.1, 0.15) is 18.1 Å². The summed E-state index contributed by atoms with van der Waals surface area (Å²) in [6.45, 7) is 1.97. The highest BCUT2D eigenvalue weighted by Gasteiger charge is 2.23. The van der Waals surface area contributed by atoms with E-state index in [2.05, 4.69) is 28.3 Å². The molecule has 1 heterocycles. The van der Waals surface area contributed by atoms with Gasteiger partial charge in [-0.25, -0.2) is 0 Å². The van der Waals surface area contributed by atoms with E-state index < -0.39 is 0 Å². The molecular weight excluding hydrogens is 218 g/mol. The lowest BCUT2D eigenvalue weighted by atomic mass is 10.1. The quantitative estimate of drug-likeness (QED) is 0.684. The third kappa shape index (κ3) is 1.68. The maximum atomic E-state index is 5.44. The van der Waals surface area contributed by atoms with Gasteiger partial charge in [0.25, 0.3) is 0 Å². The molecule has 0 N–H and O–H groups in total. The van der Waals surface area contributed by atoms with Crippen molar-refractivity contribution in [1.82, 2.24) is 4.09 Å². The lowest BCUT2D eigenvalue weighted by Gasteiger charge is -2.09. The van der Waals surface area contributed by atoms with Crippen LogP contribution in [0.2, 0.25) is 0 Å². The largest absolute Gasteiger partial charge is 0.280 e. The summed E-state index contributed by atoms with van der Waals surface area (Å²) in [5, 5.41) is 0. The fourth-order valence-electron chi connectivity index (χ4n) is 1.25. The summed E-state index contributed by atoms with van der Waals surface area (Å²) in [6, 6.07) is 10.2. The van der Waals surface area contributed by atoms with E-state index in [0.717, 1.165) is 6.42 Å². The Labute approximate surface area is 80.4 Å². The summed E-state index contributed by atoms with van der Waals surface area (Å²) in [5.41, 5.74) is 1.22. The second-order valence-electron chi connectivity index (χ2n) is 2.70. The zero-order valence-electron chi connectivity index (χ0n) is 6.48. The number of hydrogen-bond acceptors (Lipinski definition) is 2. The molecule has 0 bridgehead atoms. The number of benzene rings is 1. The van der Waals surface area contributed by atoms with Crippen LogP contribution in [-0.2, 0) is 4.84 Å². The molecule has 2 nitrogen and oxygen atoms in total. The molecule has 2 rings (SSSR count). The first-order chi connectivity index (χ1) is 5.86. The van der Waals surface area contributed by atoms with Crippen LogP contribution in [0.15, 0.2) is 30.3 Å². The van der Waals surface area contributed by atoms with E-state index in [1.54, 1.807) is 4.09 Å². The van der Waals surface area contributed by atoms with Crippen LogP contribution < -0.4 is 0 Å². The Kier molecular flexibility index (Phi) is 2.44. The number of nitrogens with zero attached hydrogens (tertiary/aromatic N) is 1. The van der Waals surface area contributed by atoms with Crippen LogP contribution in [0.5, 0.6) is 0 Å². The molecule has 1 saturated heterocycles. The average molecular weight is 227 g/mol. The van der Waals surface area contributed by atoms with Gasteiger partial charge in [0.2, 0.25) is 0 Å². The highest BCUT2D eigenvalue weighted by Crippen LogP contribution is 2.32. The number of rotatable bonds is 1. The Bertz CT molecular complexity index is 252. The van der Waals surface area contributed by atoms with Gasteiger partial charge in [-0.3, -0.25) is 4.84 Å². The van der Waals surface area contributed by atoms with Gasteiger partial charge in [0.15, 0.2) is 0 Å². The molecule has 12 heavy (non-hydrogen) atoms.